The van der Waals surface area contributed by atoms with Crippen molar-refractivity contribution in [2.24, 2.45) is 5.41 Å². The molecular formula is C9H16O5S. The van der Waals surface area contributed by atoms with Gasteiger partial charge in [0.25, 0.3) is 0 Å². The molecule has 0 aliphatic heterocycles. The molecule has 0 amide bonds. The van der Waals surface area contributed by atoms with Gasteiger partial charge in [-0.15, -0.1) is 0 Å². The second-order valence-electron chi connectivity index (χ2n) is 4.21. The van der Waals surface area contributed by atoms with Crippen molar-refractivity contribution in [3.05, 3.63) is 0 Å². The van der Waals surface area contributed by atoms with Gasteiger partial charge in [-0.3, -0.25) is 4.79 Å². The third kappa shape index (κ3) is 2.49. The highest BCUT2D eigenvalue weighted by Gasteiger charge is 2.48. The Hall–Kier alpha value is -0.620. The molecule has 5 nitrogen and oxygen atoms in total. The third-order valence-electron chi connectivity index (χ3n) is 3.04. The predicted molar refractivity (Wildman–Crippen MR) is 54.4 cm³/mol. The van der Waals surface area contributed by atoms with Crippen LogP contribution in [0.1, 0.15) is 19.3 Å². The van der Waals surface area contributed by atoms with Crippen LogP contribution in [0.4, 0.5) is 0 Å². The van der Waals surface area contributed by atoms with Gasteiger partial charge in [0.15, 0.2) is 0 Å². The molecule has 15 heavy (non-hydrogen) atoms. The third-order valence-corrected chi connectivity index (χ3v) is 4.66. The van der Waals surface area contributed by atoms with Crippen molar-refractivity contribution >= 4 is 15.8 Å². The quantitative estimate of drug-likeness (QED) is 0.759. The number of aliphatic carboxylic acids is 1. The number of ether oxygens (including phenoxy) is 1. The van der Waals surface area contributed by atoms with E-state index in [1.165, 1.54) is 7.11 Å². The summed E-state index contributed by atoms with van der Waals surface area (Å²) in [5.41, 5.74) is -1.01. The maximum atomic E-state index is 11.3. The minimum Gasteiger partial charge on any atom is -0.481 e. The van der Waals surface area contributed by atoms with Crippen molar-refractivity contribution < 1.29 is 23.1 Å². The maximum Gasteiger partial charge on any atom is 0.312 e. The summed E-state index contributed by atoms with van der Waals surface area (Å²) in [5, 5.41) is 8.57. The van der Waals surface area contributed by atoms with E-state index in [0.717, 1.165) is 6.26 Å². The van der Waals surface area contributed by atoms with Gasteiger partial charge in [0.2, 0.25) is 0 Å². The molecule has 0 radical (unpaired) electrons. The Morgan fingerprint density at radius 3 is 2.53 bits per heavy atom. The van der Waals surface area contributed by atoms with Crippen LogP contribution in [0.2, 0.25) is 0 Å². The van der Waals surface area contributed by atoms with Crippen LogP contribution < -0.4 is 0 Å². The van der Waals surface area contributed by atoms with Crippen LogP contribution in [0.3, 0.4) is 0 Å². The second-order valence-corrected chi connectivity index (χ2v) is 6.54. The van der Waals surface area contributed by atoms with Crippen LogP contribution in [0.15, 0.2) is 0 Å². The Bertz CT molecular complexity index is 348. The van der Waals surface area contributed by atoms with Crippen LogP contribution in [0.25, 0.3) is 0 Å². The van der Waals surface area contributed by atoms with E-state index >= 15 is 0 Å². The van der Waals surface area contributed by atoms with Crippen LogP contribution in [-0.4, -0.2) is 44.7 Å². The SMILES string of the molecule is COC[C@]1(C(=O)O)CC[C@@H](S(C)(=O)=O)C1. The number of methoxy groups -OCH3 is 1. The Balaban J connectivity index is 2.86. The average Bonchev–Trinajstić information content (AvgIpc) is 2.49. The van der Waals surface area contributed by atoms with Crippen molar-refractivity contribution in [1.82, 2.24) is 0 Å². The van der Waals surface area contributed by atoms with E-state index in [1.54, 1.807) is 0 Å². The Morgan fingerprint density at radius 1 is 1.60 bits per heavy atom. The molecule has 6 heteroatoms. The minimum absolute atomic E-state index is 0.0777. The fraction of sp³-hybridized carbons (Fsp3) is 0.889. The predicted octanol–water partition coefficient (Wildman–Crippen LogP) is 0.301. The van der Waals surface area contributed by atoms with Gasteiger partial charge < -0.3 is 9.84 Å². The van der Waals surface area contributed by atoms with Crippen LogP contribution >= 0.6 is 0 Å². The topological polar surface area (TPSA) is 80.7 Å². The number of carboxylic acids is 1. The molecule has 0 saturated heterocycles. The number of hydrogen-bond acceptors (Lipinski definition) is 4. The first-order valence-corrected chi connectivity index (χ1v) is 6.68. The van der Waals surface area contributed by atoms with E-state index in [9.17, 15) is 13.2 Å². The van der Waals surface area contributed by atoms with Gasteiger partial charge in [0, 0.05) is 13.4 Å². The summed E-state index contributed by atoms with van der Waals surface area (Å²) in [5.74, 6) is -0.962. The zero-order valence-corrected chi connectivity index (χ0v) is 9.71. The van der Waals surface area contributed by atoms with Crippen molar-refractivity contribution in [3.8, 4) is 0 Å². The average molecular weight is 236 g/mol. The van der Waals surface area contributed by atoms with E-state index in [0.29, 0.717) is 12.8 Å². The maximum absolute atomic E-state index is 11.3. The lowest BCUT2D eigenvalue weighted by atomic mass is 9.87. The lowest BCUT2D eigenvalue weighted by molar-refractivity contribution is -0.151. The summed E-state index contributed by atoms with van der Waals surface area (Å²) < 4.78 is 27.5. The molecule has 1 aliphatic carbocycles. The fourth-order valence-corrected chi connectivity index (χ4v) is 3.27. The van der Waals surface area contributed by atoms with Gasteiger partial charge in [-0.2, -0.15) is 0 Å². The lowest BCUT2D eigenvalue weighted by Gasteiger charge is -2.22. The normalized spacial score (nSPS) is 31.7. The van der Waals surface area contributed by atoms with Crippen molar-refractivity contribution in [1.29, 1.82) is 0 Å². The van der Waals surface area contributed by atoms with Gasteiger partial charge in [-0.05, 0) is 19.3 Å². The van der Waals surface area contributed by atoms with Crippen molar-refractivity contribution in [3.63, 3.8) is 0 Å². The summed E-state index contributed by atoms with van der Waals surface area (Å²) in [6.07, 6.45) is 2.10. The van der Waals surface area contributed by atoms with E-state index in [-0.39, 0.29) is 13.0 Å². The molecule has 0 aromatic rings. The number of sulfone groups is 1. The smallest absolute Gasteiger partial charge is 0.312 e. The molecule has 88 valence electrons. The standard InChI is InChI=1S/C9H16O5S/c1-14-6-9(8(10)11)4-3-7(5-9)15(2,12)13/h7H,3-6H2,1-2H3,(H,10,11)/t7-,9+/m1/s1. The number of carboxylic acid groups (broad SMARTS) is 1. The molecule has 0 heterocycles. The van der Waals surface area contributed by atoms with Gasteiger partial charge in [0.1, 0.15) is 9.84 Å². The lowest BCUT2D eigenvalue weighted by Crippen LogP contribution is -2.34. The zero-order chi connectivity index (χ0) is 11.7. The van der Waals surface area contributed by atoms with E-state index in [4.69, 9.17) is 9.84 Å². The minimum atomic E-state index is -3.14. The summed E-state index contributed by atoms with van der Waals surface area (Å²) in [4.78, 5) is 11.1. The first-order valence-electron chi connectivity index (χ1n) is 4.73. The first-order chi connectivity index (χ1) is 6.82. The molecular weight excluding hydrogens is 220 g/mol. The number of carbonyl (C=O) groups is 1. The fourth-order valence-electron chi connectivity index (χ4n) is 2.11. The summed E-state index contributed by atoms with van der Waals surface area (Å²) in [6.45, 7) is 0.0777. The molecule has 0 aromatic carbocycles. The molecule has 1 aliphatic rings. The highest BCUT2D eigenvalue weighted by atomic mass is 32.2. The van der Waals surface area contributed by atoms with Crippen LogP contribution in [0, 0.1) is 5.41 Å². The molecule has 0 bridgehead atoms. The monoisotopic (exact) mass is 236 g/mol. The van der Waals surface area contributed by atoms with Gasteiger partial charge in [0.05, 0.1) is 17.3 Å². The highest BCUT2D eigenvalue weighted by Crippen LogP contribution is 2.41. The van der Waals surface area contributed by atoms with Crippen LogP contribution in [0.5, 0.6) is 0 Å². The Kier molecular flexibility index (Phi) is 3.40. The van der Waals surface area contributed by atoms with Gasteiger partial charge >= 0.3 is 5.97 Å². The number of hydrogen-bond donors (Lipinski definition) is 1. The highest BCUT2D eigenvalue weighted by molar-refractivity contribution is 7.91. The molecule has 1 fully saturated rings. The largest absolute Gasteiger partial charge is 0.481 e. The van der Waals surface area contributed by atoms with E-state index < -0.39 is 26.5 Å². The Labute approximate surface area is 89.3 Å². The molecule has 1 saturated carbocycles. The van der Waals surface area contributed by atoms with Crippen molar-refractivity contribution in [2.45, 2.75) is 24.5 Å². The van der Waals surface area contributed by atoms with Gasteiger partial charge in [-0.1, -0.05) is 0 Å². The molecule has 2 atom stereocenters. The number of rotatable bonds is 4. The van der Waals surface area contributed by atoms with Crippen molar-refractivity contribution in [2.75, 3.05) is 20.0 Å². The molecule has 0 unspecified atom stereocenters. The Morgan fingerprint density at radius 2 is 2.20 bits per heavy atom. The van der Waals surface area contributed by atoms with E-state index in [1.807, 2.05) is 0 Å². The first kappa shape index (κ1) is 12.4. The second kappa shape index (κ2) is 4.09. The zero-order valence-electron chi connectivity index (χ0n) is 8.89. The molecule has 0 aromatic heterocycles. The summed E-state index contributed by atoms with van der Waals surface area (Å²) >= 11 is 0. The van der Waals surface area contributed by atoms with Crippen LogP contribution in [-0.2, 0) is 19.4 Å². The summed E-state index contributed by atoms with van der Waals surface area (Å²) in [6, 6.07) is 0. The molecule has 1 N–H and O–H groups in total. The van der Waals surface area contributed by atoms with Gasteiger partial charge in [-0.25, -0.2) is 8.42 Å². The van der Waals surface area contributed by atoms with E-state index in [2.05, 4.69) is 0 Å². The summed E-state index contributed by atoms with van der Waals surface area (Å²) in [7, 11) is -1.72. The molecule has 1 rings (SSSR count). The molecule has 0 spiro atoms.